The summed E-state index contributed by atoms with van der Waals surface area (Å²) in [5, 5.41) is 10.2. The maximum Gasteiger partial charge on any atom is 0.446 e. The van der Waals surface area contributed by atoms with Gasteiger partial charge in [0.25, 0.3) is 5.69 Å². The molecular formula is C8H5ClF3NO2S. The van der Waals surface area contributed by atoms with Gasteiger partial charge in [-0.05, 0) is 30.3 Å². The molecule has 88 valence electrons. The SMILES string of the molecule is Cc1c(SC(F)(F)F)ccc([N+](=O)[O-])c1Cl. The fourth-order valence-electron chi connectivity index (χ4n) is 1.03. The number of benzene rings is 1. The minimum absolute atomic E-state index is 0.0539. The van der Waals surface area contributed by atoms with Crippen LogP contribution in [-0.4, -0.2) is 10.4 Å². The first-order chi connectivity index (χ1) is 7.22. The second-order valence-corrected chi connectivity index (χ2v) is 4.31. The Kier molecular flexibility index (Phi) is 3.69. The van der Waals surface area contributed by atoms with Gasteiger partial charge in [0.05, 0.1) is 4.92 Å². The molecule has 0 saturated carbocycles. The third kappa shape index (κ3) is 3.02. The number of thioether (sulfide) groups is 1. The molecule has 0 unspecified atom stereocenters. The van der Waals surface area contributed by atoms with E-state index in [0.29, 0.717) is 0 Å². The lowest BCUT2D eigenvalue weighted by Crippen LogP contribution is -2.01. The second-order valence-electron chi connectivity index (χ2n) is 2.83. The summed E-state index contributed by atoms with van der Waals surface area (Å²) in [5.74, 6) is 0. The number of hydrogen-bond donors (Lipinski definition) is 0. The highest BCUT2D eigenvalue weighted by Gasteiger charge is 2.31. The first-order valence-corrected chi connectivity index (χ1v) is 5.11. The Morgan fingerprint density at radius 3 is 2.44 bits per heavy atom. The summed E-state index contributed by atoms with van der Waals surface area (Å²) in [7, 11) is 0. The molecule has 0 aliphatic rings. The Balaban J connectivity index is 3.17. The van der Waals surface area contributed by atoms with Crippen LogP contribution >= 0.6 is 23.4 Å². The van der Waals surface area contributed by atoms with Gasteiger partial charge in [0.15, 0.2) is 0 Å². The van der Waals surface area contributed by atoms with E-state index in [0.717, 1.165) is 12.1 Å². The molecule has 0 N–H and O–H groups in total. The van der Waals surface area contributed by atoms with Crippen LogP contribution in [0.25, 0.3) is 0 Å². The zero-order chi connectivity index (χ0) is 12.5. The number of rotatable bonds is 2. The van der Waals surface area contributed by atoms with E-state index in [2.05, 4.69) is 0 Å². The van der Waals surface area contributed by atoms with Crippen molar-refractivity contribution in [3.63, 3.8) is 0 Å². The minimum Gasteiger partial charge on any atom is -0.258 e. The van der Waals surface area contributed by atoms with Gasteiger partial charge in [-0.15, -0.1) is 0 Å². The molecule has 0 aromatic heterocycles. The summed E-state index contributed by atoms with van der Waals surface area (Å²) in [4.78, 5) is 9.59. The van der Waals surface area contributed by atoms with Crippen LogP contribution in [0.15, 0.2) is 17.0 Å². The quantitative estimate of drug-likeness (QED) is 0.461. The van der Waals surface area contributed by atoms with Gasteiger partial charge in [0, 0.05) is 11.0 Å². The molecule has 0 spiro atoms. The maximum absolute atomic E-state index is 12.1. The summed E-state index contributed by atoms with van der Waals surface area (Å²) in [6.45, 7) is 1.31. The van der Waals surface area contributed by atoms with Crippen LogP contribution in [0.5, 0.6) is 0 Å². The van der Waals surface area contributed by atoms with Crippen molar-refractivity contribution in [3.8, 4) is 0 Å². The van der Waals surface area contributed by atoms with E-state index in [1.165, 1.54) is 6.92 Å². The van der Waals surface area contributed by atoms with E-state index in [4.69, 9.17) is 11.6 Å². The molecule has 0 fully saturated rings. The second kappa shape index (κ2) is 4.50. The lowest BCUT2D eigenvalue weighted by Gasteiger charge is -2.09. The van der Waals surface area contributed by atoms with Gasteiger partial charge in [-0.3, -0.25) is 10.1 Å². The summed E-state index contributed by atoms with van der Waals surface area (Å²) in [5.41, 5.74) is -4.78. The van der Waals surface area contributed by atoms with Crippen molar-refractivity contribution in [2.45, 2.75) is 17.3 Å². The highest BCUT2D eigenvalue weighted by Crippen LogP contribution is 2.42. The van der Waals surface area contributed by atoms with Crippen LogP contribution < -0.4 is 0 Å². The summed E-state index contributed by atoms with van der Waals surface area (Å²) in [6, 6.07) is 2.00. The molecule has 0 atom stereocenters. The number of nitro benzene ring substituents is 1. The van der Waals surface area contributed by atoms with Crippen LogP contribution in [-0.2, 0) is 0 Å². The van der Waals surface area contributed by atoms with Gasteiger partial charge in [0.2, 0.25) is 0 Å². The summed E-state index contributed by atoms with van der Waals surface area (Å²) in [6.07, 6.45) is 0. The van der Waals surface area contributed by atoms with Gasteiger partial charge in [-0.2, -0.15) is 13.2 Å². The van der Waals surface area contributed by atoms with E-state index in [9.17, 15) is 23.3 Å². The van der Waals surface area contributed by atoms with Crippen molar-refractivity contribution in [1.29, 1.82) is 0 Å². The minimum atomic E-state index is -4.44. The van der Waals surface area contributed by atoms with Gasteiger partial charge in [-0.1, -0.05) is 11.6 Å². The van der Waals surface area contributed by atoms with Crippen molar-refractivity contribution in [3.05, 3.63) is 32.8 Å². The van der Waals surface area contributed by atoms with E-state index < -0.39 is 16.1 Å². The first kappa shape index (κ1) is 13.1. The lowest BCUT2D eigenvalue weighted by molar-refractivity contribution is -0.384. The van der Waals surface area contributed by atoms with Gasteiger partial charge < -0.3 is 0 Å². The zero-order valence-corrected chi connectivity index (χ0v) is 9.41. The molecule has 0 bridgehead atoms. The number of halogens is 4. The molecule has 1 aromatic carbocycles. The molecule has 0 aliphatic heterocycles. The Labute approximate surface area is 97.7 Å². The average Bonchev–Trinajstić information content (AvgIpc) is 2.10. The lowest BCUT2D eigenvalue weighted by atomic mass is 10.2. The summed E-state index contributed by atoms with van der Waals surface area (Å²) >= 11 is 5.25. The average molecular weight is 272 g/mol. The zero-order valence-electron chi connectivity index (χ0n) is 7.84. The van der Waals surface area contributed by atoms with Gasteiger partial charge in [0.1, 0.15) is 5.02 Å². The van der Waals surface area contributed by atoms with E-state index in [1.54, 1.807) is 0 Å². The third-order valence-corrected chi connectivity index (χ3v) is 3.11. The molecule has 1 rings (SSSR count). The van der Waals surface area contributed by atoms with Crippen LogP contribution in [0.2, 0.25) is 5.02 Å². The molecule has 16 heavy (non-hydrogen) atoms. The fourth-order valence-corrected chi connectivity index (χ4v) is 1.96. The third-order valence-electron chi connectivity index (χ3n) is 1.74. The Hall–Kier alpha value is -0.950. The molecule has 1 aromatic rings. The van der Waals surface area contributed by atoms with Crippen molar-refractivity contribution >= 4 is 29.1 Å². The van der Waals surface area contributed by atoms with Crippen molar-refractivity contribution in [2.24, 2.45) is 0 Å². The normalized spacial score (nSPS) is 11.6. The largest absolute Gasteiger partial charge is 0.446 e. The maximum atomic E-state index is 12.1. The topological polar surface area (TPSA) is 43.1 Å². The number of alkyl halides is 3. The molecule has 8 heteroatoms. The molecule has 0 heterocycles. The van der Waals surface area contributed by atoms with Crippen LogP contribution in [0, 0.1) is 17.0 Å². The molecule has 3 nitrogen and oxygen atoms in total. The predicted octanol–water partition coefficient (Wildman–Crippen LogP) is 4.17. The molecular weight excluding hydrogens is 267 g/mol. The molecule has 0 saturated heterocycles. The van der Waals surface area contributed by atoms with E-state index in [-0.39, 0.29) is 27.2 Å². The standard InChI is InChI=1S/C8H5ClF3NO2S/c1-4-6(16-8(10,11)12)3-2-5(7(4)9)13(14)15/h2-3H,1H3. The highest BCUT2D eigenvalue weighted by atomic mass is 35.5. The van der Waals surface area contributed by atoms with Crippen LogP contribution in [0.1, 0.15) is 5.56 Å². The molecule has 0 aliphatic carbocycles. The molecule has 0 radical (unpaired) electrons. The Morgan fingerprint density at radius 2 is 2.00 bits per heavy atom. The number of nitrogens with zero attached hydrogens (tertiary/aromatic N) is 1. The Morgan fingerprint density at radius 1 is 1.44 bits per heavy atom. The Bertz CT molecular complexity index is 436. The fraction of sp³-hybridized carbons (Fsp3) is 0.250. The van der Waals surface area contributed by atoms with Crippen molar-refractivity contribution in [2.75, 3.05) is 0 Å². The number of nitro groups is 1. The van der Waals surface area contributed by atoms with Crippen LogP contribution in [0.3, 0.4) is 0 Å². The van der Waals surface area contributed by atoms with E-state index in [1.807, 2.05) is 0 Å². The van der Waals surface area contributed by atoms with Gasteiger partial charge >= 0.3 is 5.51 Å². The smallest absolute Gasteiger partial charge is 0.258 e. The van der Waals surface area contributed by atoms with Crippen molar-refractivity contribution in [1.82, 2.24) is 0 Å². The molecule has 0 amide bonds. The van der Waals surface area contributed by atoms with Crippen molar-refractivity contribution < 1.29 is 18.1 Å². The predicted molar refractivity (Wildman–Crippen MR) is 54.8 cm³/mol. The van der Waals surface area contributed by atoms with Crippen LogP contribution in [0.4, 0.5) is 18.9 Å². The number of hydrogen-bond acceptors (Lipinski definition) is 3. The first-order valence-electron chi connectivity index (χ1n) is 3.91. The van der Waals surface area contributed by atoms with Gasteiger partial charge in [-0.25, -0.2) is 0 Å². The monoisotopic (exact) mass is 271 g/mol. The summed E-state index contributed by atoms with van der Waals surface area (Å²) < 4.78 is 36.3. The van der Waals surface area contributed by atoms with E-state index >= 15 is 0 Å². The highest BCUT2D eigenvalue weighted by molar-refractivity contribution is 8.00.